The molecule has 0 amide bonds. The van der Waals surface area contributed by atoms with Gasteiger partial charge in [-0.15, -0.1) is 0 Å². The second-order valence-corrected chi connectivity index (χ2v) is 2.93. The van der Waals surface area contributed by atoms with Crippen molar-refractivity contribution in [2.24, 2.45) is 0 Å². The molecule has 1 aliphatic heterocycles. The summed E-state index contributed by atoms with van der Waals surface area (Å²) in [6.45, 7) is 1.53. The predicted octanol–water partition coefficient (Wildman–Crippen LogP) is -1.12. The summed E-state index contributed by atoms with van der Waals surface area (Å²) in [6, 6.07) is 0. The zero-order valence-corrected chi connectivity index (χ0v) is 6.47. The molecule has 0 radical (unpaired) electrons. The van der Waals surface area contributed by atoms with E-state index in [4.69, 9.17) is 9.84 Å². The highest BCUT2D eigenvalue weighted by Gasteiger charge is 2.32. The fourth-order valence-corrected chi connectivity index (χ4v) is 1.21. The highest BCUT2D eigenvalue weighted by Crippen LogP contribution is 2.19. The lowest BCUT2D eigenvalue weighted by molar-refractivity contribution is -0.173. The minimum atomic E-state index is -0.744. The highest BCUT2D eigenvalue weighted by molar-refractivity contribution is 4.81. The third-order valence-corrected chi connectivity index (χ3v) is 2.02. The van der Waals surface area contributed by atoms with Crippen LogP contribution < -0.4 is 0 Å². The summed E-state index contributed by atoms with van der Waals surface area (Å²) in [4.78, 5) is 0. The van der Waals surface area contributed by atoms with Gasteiger partial charge in [0.05, 0.1) is 24.9 Å². The van der Waals surface area contributed by atoms with Crippen molar-refractivity contribution in [2.75, 3.05) is 6.61 Å². The smallest absolute Gasteiger partial charge is 0.107 e. The van der Waals surface area contributed by atoms with Crippen LogP contribution in [0.3, 0.4) is 0 Å². The number of aliphatic hydroxyl groups excluding tert-OH is 3. The first-order chi connectivity index (χ1) is 5.15. The third kappa shape index (κ3) is 1.90. The van der Waals surface area contributed by atoms with Crippen molar-refractivity contribution in [1.29, 1.82) is 0 Å². The van der Waals surface area contributed by atoms with Gasteiger partial charge in [0.1, 0.15) is 6.10 Å². The van der Waals surface area contributed by atoms with Gasteiger partial charge in [0, 0.05) is 6.42 Å². The monoisotopic (exact) mass is 162 g/mol. The molecule has 0 spiro atoms. The molecule has 3 N–H and O–H groups in total. The zero-order chi connectivity index (χ0) is 8.43. The van der Waals surface area contributed by atoms with Crippen molar-refractivity contribution >= 4 is 0 Å². The Balaban J connectivity index is 2.48. The van der Waals surface area contributed by atoms with Gasteiger partial charge in [0.2, 0.25) is 0 Å². The summed E-state index contributed by atoms with van der Waals surface area (Å²) >= 11 is 0. The number of aliphatic hydroxyl groups is 3. The third-order valence-electron chi connectivity index (χ3n) is 2.02. The Morgan fingerprint density at radius 3 is 2.55 bits per heavy atom. The van der Waals surface area contributed by atoms with Crippen LogP contribution in [0.15, 0.2) is 0 Å². The van der Waals surface area contributed by atoms with Gasteiger partial charge in [-0.05, 0) is 6.92 Å². The molecule has 4 atom stereocenters. The van der Waals surface area contributed by atoms with E-state index >= 15 is 0 Å². The zero-order valence-electron chi connectivity index (χ0n) is 6.47. The molecule has 4 heteroatoms. The van der Waals surface area contributed by atoms with Crippen LogP contribution in [0.5, 0.6) is 0 Å². The Morgan fingerprint density at radius 2 is 2.00 bits per heavy atom. The van der Waals surface area contributed by atoms with Gasteiger partial charge in [-0.25, -0.2) is 0 Å². The SMILES string of the molecule is C[C@@H]1O[C@H](CO)[C@@H](O)C[C@H]1O. The standard InChI is InChI=1S/C7H14O4/c1-4-5(9)2-6(10)7(3-8)11-4/h4-10H,2-3H2,1H3/t4-,5+,6-,7+/m0/s1. The molecule has 4 nitrogen and oxygen atoms in total. The van der Waals surface area contributed by atoms with Crippen molar-refractivity contribution in [3.63, 3.8) is 0 Å². The molecule has 1 rings (SSSR count). The molecule has 0 saturated carbocycles. The summed E-state index contributed by atoms with van der Waals surface area (Å²) in [6.07, 6.45) is -1.91. The van der Waals surface area contributed by atoms with E-state index in [-0.39, 0.29) is 19.1 Å². The molecule has 0 aromatic carbocycles. The highest BCUT2D eigenvalue weighted by atomic mass is 16.5. The van der Waals surface area contributed by atoms with Gasteiger partial charge < -0.3 is 20.1 Å². The van der Waals surface area contributed by atoms with Crippen LogP contribution in [0.2, 0.25) is 0 Å². The van der Waals surface area contributed by atoms with Gasteiger partial charge in [0.25, 0.3) is 0 Å². The van der Waals surface area contributed by atoms with Gasteiger partial charge in [0.15, 0.2) is 0 Å². The van der Waals surface area contributed by atoms with E-state index in [9.17, 15) is 10.2 Å². The molecule has 0 aromatic heterocycles. The van der Waals surface area contributed by atoms with Crippen molar-refractivity contribution in [3.8, 4) is 0 Å². The van der Waals surface area contributed by atoms with Gasteiger partial charge >= 0.3 is 0 Å². The first-order valence-corrected chi connectivity index (χ1v) is 3.77. The van der Waals surface area contributed by atoms with Crippen LogP contribution in [-0.4, -0.2) is 46.3 Å². The Labute approximate surface area is 65.4 Å². The molecule has 1 aliphatic rings. The van der Waals surface area contributed by atoms with E-state index in [0.717, 1.165) is 0 Å². The maximum Gasteiger partial charge on any atom is 0.107 e. The summed E-state index contributed by atoms with van der Waals surface area (Å²) in [5.41, 5.74) is 0. The molecule has 66 valence electrons. The lowest BCUT2D eigenvalue weighted by atomic mass is 10.00. The number of hydrogen-bond donors (Lipinski definition) is 3. The molecule has 1 fully saturated rings. The van der Waals surface area contributed by atoms with E-state index in [1.54, 1.807) is 6.92 Å². The normalized spacial score (nSPS) is 45.8. The quantitative estimate of drug-likeness (QED) is 0.456. The first kappa shape index (κ1) is 8.93. The molecule has 0 aromatic rings. The van der Waals surface area contributed by atoms with Crippen LogP contribution in [0.1, 0.15) is 13.3 Å². The van der Waals surface area contributed by atoms with E-state index in [0.29, 0.717) is 0 Å². The maximum absolute atomic E-state index is 9.21. The summed E-state index contributed by atoms with van der Waals surface area (Å²) in [5, 5.41) is 27.1. The number of hydrogen-bond acceptors (Lipinski definition) is 4. The number of rotatable bonds is 1. The molecule has 0 bridgehead atoms. The molecular formula is C7H14O4. The largest absolute Gasteiger partial charge is 0.394 e. The Kier molecular flexibility index (Phi) is 2.84. The lowest BCUT2D eigenvalue weighted by Gasteiger charge is -2.34. The minimum Gasteiger partial charge on any atom is -0.394 e. The van der Waals surface area contributed by atoms with Crippen LogP contribution in [0.25, 0.3) is 0 Å². The van der Waals surface area contributed by atoms with E-state index in [2.05, 4.69) is 0 Å². The fourth-order valence-electron chi connectivity index (χ4n) is 1.21. The van der Waals surface area contributed by atoms with Crippen LogP contribution in [-0.2, 0) is 4.74 Å². The van der Waals surface area contributed by atoms with Crippen LogP contribution in [0, 0.1) is 0 Å². The lowest BCUT2D eigenvalue weighted by Crippen LogP contribution is -2.47. The van der Waals surface area contributed by atoms with Gasteiger partial charge in [-0.3, -0.25) is 0 Å². The second-order valence-electron chi connectivity index (χ2n) is 2.93. The van der Waals surface area contributed by atoms with Crippen molar-refractivity contribution in [2.45, 2.75) is 37.8 Å². The molecule has 0 aliphatic carbocycles. The molecule has 0 unspecified atom stereocenters. The molecular weight excluding hydrogens is 148 g/mol. The van der Waals surface area contributed by atoms with Crippen molar-refractivity contribution in [3.05, 3.63) is 0 Å². The predicted molar refractivity (Wildman–Crippen MR) is 38.1 cm³/mol. The molecule has 1 heterocycles. The van der Waals surface area contributed by atoms with Crippen LogP contribution in [0.4, 0.5) is 0 Å². The van der Waals surface area contributed by atoms with Crippen LogP contribution >= 0.6 is 0 Å². The Morgan fingerprint density at radius 1 is 1.36 bits per heavy atom. The van der Waals surface area contributed by atoms with E-state index < -0.39 is 18.3 Å². The summed E-state index contributed by atoms with van der Waals surface area (Å²) in [7, 11) is 0. The summed E-state index contributed by atoms with van der Waals surface area (Å²) < 4.78 is 5.11. The van der Waals surface area contributed by atoms with E-state index in [1.165, 1.54) is 0 Å². The van der Waals surface area contributed by atoms with E-state index in [1.807, 2.05) is 0 Å². The maximum atomic E-state index is 9.21. The fraction of sp³-hybridized carbons (Fsp3) is 1.00. The first-order valence-electron chi connectivity index (χ1n) is 3.77. The number of ether oxygens (including phenoxy) is 1. The topological polar surface area (TPSA) is 69.9 Å². The molecule has 1 saturated heterocycles. The Hall–Kier alpha value is -0.160. The second kappa shape index (κ2) is 3.49. The summed E-state index contributed by atoms with van der Waals surface area (Å²) in [5.74, 6) is 0. The average molecular weight is 162 g/mol. The minimum absolute atomic E-state index is 0.196. The average Bonchev–Trinajstić information content (AvgIpc) is 1.97. The van der Waals surface area contributed by atoms with Crippen molar-refractivity contribution in [1.82, 2.24) is 0 Å². The Bertz CT molecular complexity index is 128. The van der Waals surface area contributed by atoms with Gasteiger partial charge in [-0.1, -0.05) is 0 Å². The van der Waals surface area contributed by atoms with Gasteiger partial charge in [-0.2, -0.15) is 0 Å². The molecule has 11 heavy (non-hydrogen) atoms. The van der Waals surface area contributed by atoms with Crippen molar-refractivity contribution < 1.29 is 20.1 Å².